The molecule has 0 aliphatic carbocycles. The van der Waals surface area contributed by atoms with E-state index in [-0.39, 0.29) is 12.5 Å². The molecular weight excluding hydrogens is 405 g/mol. The number of rotatable bonds is 6. The Kier molecular flexibility index (Phi) is 6.40. The second kappa shape index (κ2) is 8.52. The van der Waals surface area contributed by atoms with E-state index in [4.69, 9.17) is 4.74 Å². The van der Waals surface area contributed by atoms with Gasteiger partial charge in [0.2, 0.25) is 0 Å². The van der Waals surface area contributed by atoms with Crippen molar-refractivity contribution in [1.29, 1.82) is 0 Å². The molecule has 0 spiro atoms. The summed E-state index contributed by atoms with van der Waals surface area (Å²) in [5.74, 6) is 0.355. The lowest BCUT2D eigenvalue weighted by Gasteiger charge is -2.11. The maximum atomic E-state index is 11.7. The van der Waals surface area contributed by atoms with E-state index in [1.807, 2.05) is 67.5 Å². The summed E-state index contributed by atoms with van der Waals surface area (Å²) < 4.78 is 6.49. The molecular formula is C17H18IN3O2. The van der Waals surface area contributed by atoms with Crippen molar-refractivity contribution in [2.45, 2.75) is 0 Å². The molecule has 6 heteroatoms. The smallest absolute Gasteiger partial charge is 0.277 e. The summed E-state index contributed by atoms with van der Waals surface area (Å²) in [5.41, 5.74) is 4.46. The first-order chi connectivity index (χ1) is 11.0. The quantitative estimate of drug-likeness (QED) is 0.442. The third-order valence-electron chi connectivity index (χ3n) is 3.00. The molecule has 0 unspecified atom stereocenters. The van der Waals surface area contributed by atoms with E-state index in [1.54, 1.807) is 6.21 Å². The van der Waals surface area contributed by atoms with Crippen molar-refractivity contribution in [1.82, 2.24) is 5.43 Å². The summed E-state index contributed by atoms with van der Waals surface area (Å²) in [4.78, 5) is 13.7. The van der Waals surface area contributed by atoms with Crippen LogP contribution in [0.5, 0.6) is 5.75 Å². The maximum Gasteiger partial charge on any atom is 0.277 e. The Balaban J connectivity index is 1.78. The van der Waals surface area contributed by atoms with Gasteiger partial charge in [-0.2, -0.15) is 5.10 Å². The van der Waals surface area contributed by atoms with E-state index in [0.29, 0.717) is 5.75 Å². The molecule has 0 saturated heterocycles. The molecule has 1 N–H and O–H groups in total. The zero-order chi connectivity index (χ0) is 16.7. The highest BCUT2D eigenvalue weighted by Gasteiger charge is 2.01. The second-order valence-corrected chi connectivity index (χ2v) is 6.27. The summed E-state index contributed by atoms with van der Waals surface area (Å²) in [6.45, 7) is -0.0719. The van der Waals surface area contributed by atoms with E-state index in [2.05, 4.69) is 33.1 Å². The Labute approximate surface area is 149 Å². The van der Waals surface area contributed by atoms with Crippen LogP contribution in [-0.2, 0) is 4.79 Å². The van der Waals surface area contributed by atoms with Crippen molar-refractivity contribution in [2.24, 2.45) is 5.10 Å². The lowest BCUT2D eigenvalue weighted by Crippen LogP contribution is -2.24. The van der Waals surface area contributed by atoms with Crippen LogP contribution in [0.3, 0.4) is 0 Å². The summed E-state index contributed by atoms with van der Waals surface area (Å²) in [6.07, 6.45) is 1.60. The van der Waals surface area contributed by atoms with E-state index in [9.17, 15) is 4.79 Å². The normalized spacial score (nSPS) is 10.6. The van der Waals surface area contributed by atoms with Gasteiger partial charge >= 0.3 is 0 Å². The van der Waals surface area contributed by atoms with Gasteiger partial charge in [0.15, 0.2) is 6.61 Å². The molecule has 1 amide bonds. The fraction of sp³-hybridized carbons (Fsp3) is 0.176. The fourth-order valence-electron chi connectivity index (χ4n) is 1.75. The van der Waals surface area contributed by atoms with Gasteiger partial charge in [-0.15, -0.1) is 0 Å². The van der Waals surface area contributed by atoms with Gasteiger partial charge in [0.25, 0.3) is 5.91 Å². The van der Waals surface area contributed by atoms with Crippen LogP contribution in [0.2, 0.25) is 0 Å². The highest BCUT2D eigenvalue weighted by atomic mass is 127. The Bertz CT molecular complexity index is 667. The van der Waals surface area contributed by atoms with Gasteiger partial charge in [0.05, 0.1) is 6.21 Å². The Morgan fingerprint density at radius 3 is 2.43 bits per heavy atom. The number of halogens is 1. The van der Waals surface area contributed by atoms with Crippen molar-refractivity contribution in [3.05, 3.63) is 57.7 Å². The number of carbonyl (C=O) groups is 1. The van der Waals surface area contributed by atoms with Gasteiger partial charge in [-0.3, -0.25) is 4.79 Å². The van der Waals surface area contributed by atoms with Gasteiger partial charge in [-0.05, 0) is 64.6 Å². The number of carbonyl (C=O) groups excluding carboxylic acids is 1. The summed E-state index contributed by atoms with van der Waals surface area (Å²) >= 11 is 2.21. The molecule has 2 aromatic rings. The third kappa shape index (κ3) is 5.90. The molecule has 0 fully saturated rings. The van der Waals surface area contributed by atoms with Crippen LogP contribution >= 0.6 is 22.6 Å². The average Bonchev–Trinajstić information content (AvgIpc) is 2.55. The van der Waals surface area contributed by atoms with Gasteiger partial charge in [-0.1, -0.05) is 12.1 Å². The van der Waals surface area contributed by atoms with E-state index in [0.717, 1.165) is 14.8 Å². The molecule has 0 atom stereocenters. The predicted octanol–water partition coefficient (Wildman–Crippen LogP) is 2.89. The van der Waals surface area contributed by atoms with Crippen molar-refractivity contribution in [3.63, 3.8) is 0 Å². The van der Waals surface area contributed by atoms with E-state index >= 15 is 0 Å². The minimum atomic E-state index is -0.301. The molecule has 0 bridgehead atoms. The van der Waals surface area contributed by atoms with Crippen LogP contribution in [0.15, 0.2) is 53.6 Å². The van der Waals surface area contributed by atoms with Gasteiger partial charge < -0.3 is 9.64 Å². The number of hydrogen-bond acceptors (Lipinski definition) is 4. The van der Waals surface area contributed by atoms with Gasteiger partial charge in [-0.25, -0.2) is 5.43 Å². The zero-order valence-electron chi connectivity index (χ0n) is 13.0. The van der Waals surface area contributed by atoms with E-state index in [1.165, 1.54) is 0 Å². The summed E-state index contributed by atoms with van der Waals surface area (Å²) in [5, 5.41) is 3.92. The lowest BCUT2D eigenvalue weighted by molar-refractivity contribution is -0.123. The number of nitrogens with one attached hydrogen (secondary N) is 1. The number of anilines is 1. The van der Waals surface area contributed by atoms with Crippen LogP contribution in [-0.4, -0.2) is 32.8 Å². The molecule has 0 aromatic heterocycles. The second-order valence-electron chi connectivity index (χ2n) is 5.02. The molecule has 0 saturated carbocycles. The van der Waals surface area contributed by atoms with E-state index < -0.39 is 0 Å². The first-order valence-corrected chi connectivity index (χ1v) is 8.10. The molecule has 23 heavy (non-hydrogen) atoms. The lowest BCUT2D eigenvalue weighted by atomic mass is 10.2. The Morgan fingerprint density at radius 2 is 1.83 bits per heavy atom. The standard InChI is InChI=1S/C17H18IN3O2/c1-21(2)15-7-3-13(4-8-15)11-19-20-17(22)12-23-16-9-5-14(18)6-10-16/h3-11H,12H2,1-2H3,(H,20,22)/b19-11-. The average molecular weight is 423 g/mol. The largest absolute Gasteiger partial charge is 0.484 e. The van der Waals surface area contributed by atoms with Crippen LogP contribution < -0.4 is 15.1 Å². The maximum absolute atomic E-state index is 11.7. The monoisotopic (exact) mass is 423 g/mol. The Hall–Kier alpha value is -2.09. The summed E-state index contributed by atoms with van der Waals surface area (Å²) in [6, 6.07) is 15.3. The number of amides is 1. The zero-order valence-corrected chi connectivity index (χ0v) is 15.1. The number of nitrogens with zero attached hydrogens (tertiary/aromatic N) is 2. The highest BCUT2D eigenvalue weighted by molar-refractivity contribution is 14.1. The molecule has 0 aliphatic rings. The number of ether oxygens (including phenoxy) is 1. The van der Waals surface area contributed by atoms with Crippen molar-refractivity contribution in [3.8, 4) is 5.75 Å². The molecule has 2 aromatic carbocycles. The van der Waals surface area contributed by atoms with Crippen LogP contribution in [0.25, 0.3) is 0 Å². The topological polar surface area (TPSA) is 53.9 Å². The first-order valence-electron chi connectivity index (χ1n) is 7.02. The van der Waals surface area contributed by atoms with Gasteiger partial charge in [0, 0.05) is 23.4 Å². The third-order valence-corrected chi connectivity index (χ3v) is 3.72. The number of hydrogen-bond donors (Lipinski definition) is 1. The molecule has 0 heterocycles. The highest BCUT2D eigenvalue weighted by Crippen LogP contribution is 2.13. The van der Waals surface area contributed by atoms with Crippen molar-refractivity contribution < 1.29 is 9.53 Å². The van der Waals surface area contributed by atoms with Gasteiger partial charge in [0.1, 0.15) is 5.75 Å². The molecule has 5 nitrogen and oxygen atoms in total. The van der Waals surface area contributed by atoms with Crippen LogP contribution in [0.1, 0.15) is 5.56 Å². The fourth-order valence-corrected chi connectivity index (χ4v) is 2.11. The predicted molar refractivity (Wildman–Crippen MR) is 101 cm³/mol. The van der Waals surface area contributed by atoms with Crippen molar-refractivity contribution in [2.75, 3.05) is 25.6 Å². The Morgan fingerprint density at radius 1 is 1.17 bits per heavy atom. The minimum absolute atomic E-state index is 0.0719. The molecule has 2 rings (SSSR count). The SMILES string of the molecule is CN(C)c1ccc(/C=N\NC(=O)COc2ccc(I)cc2)cc1. The molecule has 0 aliphatic heterocycles. The summed E-state index contributed by atoms with van der Waals surface area (Å²) in [7, 11) is 3.97. The van der Waals surface area contributed by atoms with Crippen molar-refractivity contribution >= 4 is 40.4 Å². The minimum Gasteiger partial charge on any atom is -0.484 e. The number of hydrazone groups is 1. The number of benzene rings is 2. The molecule has 120 valence electrons. The first kappa shape index (κ1) is 17.3. The molecule has 0 radical (unpaired) electrons. The van der Waals surface area contributed by atoms with Crippen LogP contribution in [0.4, 0.5) is 5.69 Å². The van der Waals surface area contributed by atoms with Crippen LogP contribution in [0, 0.1) is 3.57 Å².